The molecule has 0 spiro atoms. The molecule has 1 aliphatic heterocycles. The molecule has 0 bridgehead atoms. The van der Waals surface area contributed by atoms with Crippen molar-refractivity contribution in [1.82, 2.24) is 26.1 Å². The highest BCUT2D eigenvalue weighted by Crippen LogP contribution is 2.23. The molecule has 5 rings (SSSR count). The van der Waals surface area contributed by atoms with Crippen LogP contribution in [0.2, 0.25) is 0 Å². The van der Waals surface area contributed by atoms with E-state index in [4.69, 9.17) is 0 Å². The number of hydrogen-bond donors (Lipinski definition) is 5. The van der Waals surface area contributed by atoms with Crippen molar-refractivity contribution in [1.29, 1.82) is 0 Å². The number of phenols is 1. The number of aromatic amines is 1. The van der Waals surface area contributed by atoms with Gasteiger partial charge in [0.2, 0.25) is 0 Å². The Hall–Kier alpha value is -4.57. The maximum Gasteiger partial charge on any atom is 0.251 e. The Morgan fingerprint density at radius 2 is 1.53 bits per heavy atom. The van der Waals surface area contributed by atoms with E-state index in [9.17, 15) is 23.9 Å². The predicted molar refractivity (Wildman–Crippen MR) is 129 cm³/mol. The molecule has 0 aliphatic carbocycles. The van der Waals surface area contributed by atoms with E-state index >= 15 is 0 Å². The normalized spacial score (nSPS) is 17.1. The molecule has 2 amide bonds. The smallest absolute Gasteiger partial charge is 0.251 e. The Kier molecular flexibility index (Phi) is 6.17. The number of carbonyl (C=O) groups excluding carboxylic acids is 3. The van der Waals surface area contributed by atoms with Crippen molar-refractivity contribution in [3.63, 3.8) is 0 Å². The van der Waals surface area contributed by atoms with Crippen LogP contribution in [0.25, 0.3) is 10.9 Å². The first-order chi connectivity index (χ1) is 17.4. The van der Waals surface area contributed by atoms with Gasteiger partial charge in [-0.1, -0.05) is 18.2 Å². The predicted octanol–water partition coefficient (Wildman–Crippen LogP) is 2.14. The van der Waals surface area contributed by atoms with Crippen molar-refractivity contribution in [3.8, 4) is 5.75 Å². The van der Waals surface area contributed by atoms with Gasteiger partial charge in [0.25, 0.3) is 11.8 Å². The van der Waals surface area contributed by atoms with Gasteiger partial charge < -0.3 is 21.1 Å². The maximum absolute atomic E-state index is 14.0. The summed E-state index contributed by atoms with van der Waals surface area (Å²) in [6.45, 7) is 0.963. The van der Waals surface area contributed by atoms with Crippen LogP contribution in [0.4, 0.5) is 4.39 Å². The summed E-state index contributed by atoms with van der Waals surface area (Å²) in [6.07, 6.45) is 1.64. The minimum Gasteiger partial charge on any atom is -0.507 e. The molecular weight excluding hydrogens is 465 g/mol. The average Bonchev–Trinajstić information content (AvgIpc) is 3.52. The molecule has 9 nitrogen and oxygen atoms in total. The van der Waals surface area contributed by atoms with Gasteiger partial charge in [0, 0.05) is 35.2 Å². The second kappa shape index (κ2) is 9.59. The van der Waals surface area contributed by atoms with Crippen LogP contribution in [0.5, 0.6) is 5.75 Å². The van der Waals surface area contributed by atoms with E-state index in [0.717, 1.165) is 17.0 Å². The molecule has 1 saturated heterocycles. The first-order valence-corrected chi connectivity index (χ1v) is 11.3. The summed E-state index contributed by atoms with van der Waals surface area (Å²) >= 11 is 0. The third-order valence-electron chi connectivity index (χ3n) is 6.18. The number of ketones is 1. The quantitative estimate of drug-likeness (QED) is 0.265. The number of nitrogens with one attached hydrogen (secondary N) is 4. The number of halogens is 1. The summed E-state index contributed by atoms with van der Waals surface area (Å²) in [6, 6.07) is 13.9. The Bertz CT molecular complexity index is 1450. The van der Waals surface area contributed by atoms with Crippen molar-refractivity contribution in [2.45, 2.75) is 12.1 Å². The number of amides is 2. The molecule has 182 valence electrons. The Morgan fingerprint density at radius 3 is 2.22 bits per heavy atom. The van der Waals surface area contributed by atoms with Crippen LogP contribution in [-0.2, 0) is 0 Å². The number of aromatic nitrogens is 2. The molecule has 36 heavy (non-hydrogen) atoms. The number of rotatable bonds is 6. The molecule has 10 heteroatoms. The van der Waals surface area contributed by atoms with Crippen molar-refractivity contribution in [3.05, 3.63) is 94.9 Å². The second-order valence-corrected chi connectivity index (χ2v) is 8.53. The molecule has 1 fully saturated rings. The third kappa shape index (κ3) is 4.53. The summed E-state index contributed by atoms with van der Waals surface area (Å²) in [4.78, 5) is 38.2. The molecule has 2 atom stereocenters. The Labute approximate surface area is 204 Å². The summed E-state index contributed by atoms with van der Waals surface area (Å²) in [5.41, 5.74) is 1.33. The minimum absolute atomic E-state index is 0.134. The minimum atomic E-state index is -0.826. The third-order valence-corrected chi connectivity index (χ3v) is 6.18. The number of phenolic OH excluding ortho intramolecular Hbond substituents is 1. The lowest BCUT2D eigenvalue weighted by molar-refractivity contribution is 0.0896. The van der Waals surface area contributed by atoms with Crippen molar-refractivity contribution < 1.29 is 23.9 Å². The van der Waals surface area contributed by atoms with E-state index in [1.165, 1.54) is 36.4 Å². The molecule has 0 radical (unpaired) electrons. The number of benzene rings is 3. The standard InChI is InChI=1S/C26H22FN5O4/c27-18-2-1-3-22(33)23(18)24(34)14-4-6-15(7-5-14)25(35)30-20-12-28-13-21(20)31-26(36)16-8-9-19-17(10-16)11-29-32-19/h1-11,20-21,28,33H,12-13H2,(H,29,32)(H,30,35)(H,31,36)/t20?,21-/m1/s1. The molecule has 1 unspecified atom stereocenters. The first-order valence-electron chi connectivity index (χ1n) is 11.3. The number of hydrogen-bond acceptors (Lipinski definition) is 6. The van der Waals surface area contributed by atoms with Crippen LogP contribution in [0.3, 0.4) is 0 Å². The Balaban J connectivity index is 1.24. The topological polar surface area (TPSA) is 136 Å². The fourth-order valence-corrected chi connectivity index (χ4v) is 4.22. The van der Waals surface area contributed by atoms with Crippen LogP contribution in [0.1, 0.15) is 36.6 Å². The average molecular weight is 487 g/mol. The van der Waals surface area contributed by atoms with Crippen LogP contribution >= 0.6 is 0 Å². The number of nitrogens with zero attached hydrogens (tertiary/aromatic N) is 1. The van der Waals surface area contributed by atoms with E-state index in [2.05, 4.69) is 26.1 Å². The zero-order chi connectivity index (χ0) is 25.2. The lowest BCUT2D eigenvalue weighted by atomic mass is 10.0. The molecule has 2 heterocycles. The lowest BCUT2D eigenvalue weighted by Gasteiger charge is -2.21. The van der Waals surface area contributed by atoms with Gasteiger partial charge in [0.15, 0.2) is 5.78 Å². The summed E-state index contributed by atoms with van der Waals surface area (Å²) in [5.74, 6) is -2.60. The summed E-state index contributed by atoms with van der Waals surface area (Å²) in [7, 11) is 0. The van der Waals surface area contributed by atoms with Crippen molar-refractivity contribution in [2.75, 3.05) is 13.1 Å². The second-order valence-electron chi connectivity index (χ2n) is 8.53. The highest BCUT2D eigenvalue weighted by Gasteiger charge is 2.30. The van der Waals surface area contributed by atoms with Gasteiger partial charge in [-0.25, -0.2) is 4.39 Å². The number of aromatic hydroxyl groups is 1. The highest BCUT2D eigenvalue weighted by molar-refractivity contribution is 6.11. The molecule has 4 aromatic rings. The van der Waals surface area contributed by atoms with Gasteiger partial charge in [-0.15, -0.1) is 0 Å². The highest BCUT2D eigenvalue weighted by atomic mass is 19.1. The SMILES string of the molecule is O=C(NC1CNC[C@H]1NC(=O)c1ccc2[nH]ncc2c1)c1ccc(C(=O)c2c(O)cccc2F)cc1. The van der Waals surface area contributed by atoms with Gasteiger partial charge in [-0.3, -0.25) is 19.5 Å². The lowest BCUT2D eigenvalue weighted by Crippen LogP contribution is -2.51. The monoisotopic (exact) mass is 487 g/mol. The van der Waals surface area contributed by atoms with Gasteiger partial charge in [-0.05, 0) is 42.5 Å². The van der Waals surface area contributed by atoms with Crippen molar-refractivity contribution in [2.24, 2.45) is 0 Å². The molecule has 5 N–H and O–H groups in total. The van der Waals surface area contributed by atoms with Gasteiger partial charge in [-0.2, -0.15) is 5.10 Å². The van der Waals surface area contributed by atoms with Crippen LogP contribution < -0.4 is 16.0 Å². The molecule has 1 aromatic heterocycles. The molecule has 3 aromatic carbocycles. The van der Waals surface area contributed by atoms with Crippen LogP contribution in [0.15, 0.2) is 66.9 Å². The fraction of sp³-hybridized carbons (Fsp3) is 0.154. The van der Waals surface area contributed by atoms with Gasteiger partial charge in [0.1, 0.15) is 11.6 Å². The van der Waals surface area contributed by atoms with E-state index in [0.29, 0.717) is 24.2 Å². The largest absolute Gasteiger partial charge is 0.507 e. The molecular formula is C26H22FN5O4. The van der Waals surface area contributed by atoms with E-state index in [-0.39, 0.29) is 29.5 Å². The zero-order valence-electron chi connectivity index (χ0n) is 18.9. The van der Waals surface area contributed by atoms with E-state index in [1.807, 2.05) is 0 Å². The van der Waals surface area contributed by atoms with E-state index in [1.54, 1.807) is 24.4 Å². The first kappa shape index (κ1) is 23.2. The summed E-state index contributed by atoms with van der Waals surface area (Å²) < 4.78 is 14.0. The maximum atomic E-state index is 14.0. The van der Waals surface area contributed by atoms with Gasteiger partial charge >= 0.3 is 0 Å². The van der Waals surface area contributed by atoms with Crippen LogP contribution in [0, 0.1) is 5.82 Å². The van der Waals surface area contributed by atoms with E-state index < -0.39 is 22.9 Å². The number of carbonyl (C=O) groups is 3. The molecule has 0 saturated carbocycles. The molecule has 1 aliphatic rings. The van der Waals surface area contributed by atoms with Crippen LogP contribution in [-0.4, -0.2) is 58.1 Å². The zero-order valence-corrected chi connectivity index (χ0v) is 18.9. The fourth-order valence-electron chi connectivity index (χ4n) is 4.22. The summed E-state index contributed by atoms with van der Waals surface area (Å²) in [5, 5.41) is 26.5. The Morgan fingerprint density at radius 1 is 0.889 bits per heavy atom. The van der Waals surface area contributed by atoms with Gasteiger partial charge in [0.05, 0.1) is 29.4 Å². The number of fused-ring (bicyclic) bond motifs is 1. The number of H-pyrrole nitrogens is 1. The van der Waals surface area contributed by atoms with Crippen molar-refractivity contribution >= 4 is 28.5 Å².